The SMILES string of the molecule is O=C(NC[C@@H]1CCCO[C@H]1c1ccccc1)N[C@@H]1CCOc2ccccc21. The predicted molar refractivity (Wildman–Crippen MR) is 104 cm³/mol. The van der Waals surface area contributed by atoms with Gasteiger partial charge in [0.05, 0.1) is 18.8 Å². The van der Waals surface area contributed by atoms with E-state index < -0.39 is 0 Å². The maximum absolute atomic E-state index is 12.5. The van der Waals surface area contributed by atoms with E-state index in [1.54, 1.807) is 0 Å². The Hall–Kier alpha value is -2.53. The summed E-state index contributed by atoms with van der Waals surface area (Å²) in [6.45, 7) is 2.01. The van der Waals surface area contributed by atoms with E-state index in [1.165, 1.54) is 5.56 Å². The highest BCUT2D eigenvalue weighted by atomic mass is 16.5. The Bertz CT molecular complexity index is 765. The Labute approximate surface area is 160 Å². The van der Waals surface area contributed by atoms with Crippen molar-refractivity contribution >= 4 is 6.03 Å². The highest BCUT2D eigenvalue weighted by Crippen LogP contribution is 2.33. The number of fused-ring (bicyclic) bond motifs is 1. The molecule has 2 amide bonds. The van der Waals surface area contributed by atoms with Crippen molar-refractivity contribution in [2.45, 2.75) is 31.4 Å². The van der Waals surface area contributed by atoms with Crippen molar-refractivity contribution in [2.24, 2.45) is 5.92 Å². The molecule has 2 N–H and O–H groups in total. The summed E-state index contributed by atoms with van der Waals surface area (Å²) in [5.74, 6) is 1.15. The molecule has 4 rings (SSSR count). The third kappa shape index (κ3) is 4.25. The summed E-state index contributed by atoms with van der Waals surface area (Å²) in [7, 11) is 0. The van der Waals surface area contributed by atoms with Crippen molar-refractivity contribution in [3.8, 4) is 5.75 Å². The smallest absolute Gasteiger partial charge is 0.315 e. The zero-order valence-electron chi connectivity index (χ0n) is 15.4. The van der Waals surface area contributed by atoms with E-state index in [4.69, 9.17) is 9.47 Å². The van der Waals surface area contributed by atoms with Crippen LogP contribution in [0, 0.1) is 5.92 Å². The zero-order valence-corrected chi connectivity index (χ0v) is 15.4. The van der Waals surface area contributed by atoms with Gasteiger partial charge in [0.15, 0.2) is 0 Å². The molecule has 5 heteroatoms. The van der Waals surface area contributed by atoms with Crippen molar-refractivity contribution in [3.63, 3.8) is 0 Å². The van der Waals surface area contributed by atoms with Gasteiger partial charge in [0.1, 0.15) is 5.75 Å². The molecule has 0 aliphatic carbocycles. The van der Waals surface area contributed by atoms with E-state index in [0.717, 1.165) is 37.2 Å². The first kappa shape index (κ1) is 17.9. The molecule has 0 saturated carbocycles. The molecule has 0 aromatic heterocycles. The molecule has 1 fully saturated rings. The third-order valence-corrected chi connectivity index (χ3v) is 5.36. The van der Waals surface area contributed by atoms with Crippen LogP contribution < -0.4 is 15.4 Å². The van der Waals surface area contributed by atoms with Gasteiger partial charge >= 0.3 is 6.03 Å². The second-order valence-electron chi connectivity index (χ2n) is 7.19. The lowest BCUT2D eigenvalue weighted by atomic mass is 9.89. The molecular weight excluding hydrogens is 340 g/mol. The molecule has 27 heavy (non-hydrogen) atoms. The van der Waals surface area contributed by atoms with Gasteiger partial charge in [-0.15, -0.1) is 0 Å². The fourth-order valence-electron chi connectivity index (χ4n) is 3.99. The molecule has 5 nitrogen and oxygen atoms in total. The lowest BCUT2D eigenvalue weighted by Crippen LogP contribution is -2.43. The van der Waals surface area contributed by atoms with Crippen LogP contribution in [0.25, 0.3) is 0 Å². The van der Waals surface area contributed by atoms with E-state index in [9.17, 15) is 4.79 Å². The second kappa shape index (κ2) is 8.44. The van der Waals surface area contributed by atoms with Gasteiger partial charge in [0.2, 0.25) is 0 Å². The molecule has 0 unspecified atom stereocenters. The summed E-state index contributed by atoms with van der Waals surface area (Å²) >= 11 is 0. The normalized spacial score (nSPS) is 24.4. The van der Waals surface area contributed by atoms with E-state index >= 15 is 0 Å². The van der Waals surface area contributed by atoms with E-state index in [-0.39, 0.29) is 24.1 Å². The molecule has 2 aromatic rings. The van der Waals surface area contributed by atoms with Crippen molar-refractivity contribution in [1.29, 1.82) is 0 Å². The quantitative estimate of drug-likeness (QED) is 0.861. The predicted octanol–water partition coefficient (Wildman–Crippen LogP) is 3.98. The molecule has 142 valence electrons. The van der Waals surface area contributed by atoms with E-state index in [0.29, 0.717) is 13.2 Å². The van der Waals surface area contributed by atoms with E-state index in [2.05, 4.69) is 22.8 Å². The molecule has 0 radical (unpaired) electrons. The Kier molecular flexibility index (Phi) is 5.58. The van der Waals surface area contributed by atoms with Gasteiger partial charge in [-0.1, -0.05) is 48.5 Å². The number of hydrogen-bond acceptors (Lipinski definition) is 3. The topological polar surface area (TPSA) is 59.6 Å². The van der Waals surface area contributed by atoms with Crippen LogP contribution in [0.4, 0.5) is 4.79 Å². The third-order valence-electron chi connectivity index (χ3n) is 5.36. The highest BCUT2D eigenvalue weighted by molar-refractivity contribution is 5.74. The first-order chi connectivity index (χ1) is 13.3. The maximum Gasteiger partial charge on any atom is 0.315 e. The Balaban J connectivity index is 1.35. The van der Waals surface area contributed by atoms with Gasteiger partial charge in [-0.25, -0.2) is 4.79 Å². The summed E-state index contributed by atoms with van der Waals surface area (Å²) in [4.78, 5) is 12.5. The summed E-state index contributed by atoms with van der Waals surface area (Å²) in [5, 5.41) is 6.16. The standard InChI is InChI=1S/C22H26N2O3/c25-22(24-19-12-14-26-20-11-5-4-10-18(19)20)23-15-17-9-6-13-27-21(17)16-7-2-1-3-8-16/h1-5,7-8,10-11,17,19,21H,6,9,12-15H2,(H2,23,24,25)/t17-,19+,21-/m0/s1. The van der Waals surface area contributed by atoms with Crippen LogP contribution in [0.15, 0.2) is 54.6 Å². The van der Waals surface area contributed by atoms with Gasteiger partial charge in [-0.05, 0) is 24.5 Å². The van der Waals surface area contributed by atoms with Crippen molar-refractivity contribution in [3.05, 3.63) is 65.7 Å². The molecule has 2 heterocycles. The van der Waals surface area contributed by atoms with Gasteiger partial charge in [0, 0.05) is 31.1 Å². The van der Waals surface area contributed by atoms with Gasteiger partial charge in [-0.2, -0.15) is 0 Å². The molecule has 0 bridgehead atoms. The Morgan fingerprint density at radius 3 is 2.70 bits per heavy atom. The molecular formula is C22H26N2O3. The molecule has 0 spiro atoms. The number of urea groups is 1. The second-order valence-corrected chi connectivity index (χ2v) is 7.19. The maximum atomic E-state index is 12.5. The largest absolute Gasteiger partial charge is 0.493 e. The van der Waals surface area contributed by atoms with Crippen LogP contribution in [-0.4, -0.2) is 25.8 Å². The number of benzene rings is 2. The van der Waals surface area contributed by atoms with Gasteiger partial charge < -0.3 is 20.1 Å². The fraction of sp³-hybridized carbons (Fsp3) is 0.409. The lowest BCUT2D eigenvalue weighted by Gasteiger charge is -2.32. The van der Waals surface area contributed by atoms with Crippen molar-refractivity contribution in [1.82, 2.24) is 10.6 Å². The number of amides is 2. The lowest BCUT2D eigenvalue weighted by molar-refractivity contribution is -0.0269. The number of carbonyl (C=O) groups excluding carboxylic acids is 1. The monoisotopic (exact) mass is 366 g/mol. The van der Waals surface area contributed by atoms with Gasteiger partial charge in [-0.3, -0.25) is 0 Å². The van der Waals surface area contributed by atoms with E-state index in [1.807, 2.05) is 42.5 Å². The molecule has 2 aliphatic heterocycles. The summed E-state index contributed by atoms with van der Waals surface area (Å²) in [6, 6.07) is 18.0. The minimum atomic E-state index is -0.130. The van der Waals surface area contributed by atoms with Crippen LogP contribution in [0.1, 0.15) is 42.5 Å². The average molecular weight is 366 g/mol. The van der Waals surface area contributed by atoms with Crippen LogP contribution in [-0.2, 0) is 4.74 Å². The van der Waals surface area contributed by atoms with Gasteiger partial charge in [0.25, 0.3) is 0 Å². The molecule has 2 aliphatic rings. The number of nitrogens with one attached hydrogen (secondary N) is 2. The van der Waals surface area contributed by atoms with Crippen LogP contribution in [0.3, 0.4) is 0 Å². The summed E-state index contributed by atoms with van der Waals surface area (Å²) in [5.41, 5.74) is 2.23. The van der Waals surface area contributed by atoms with Crippen molar-refractivity contribution < 1.29 is 14.3 Å². The minimum Gasteiger partial charge on any atom is -0.493 e. The molecule has 3 atom stereocenters. The number of rotatable bonds is 4. The average Bonchev–Trinajstić information content (AvgIpc) is 2.73. The highest BCUT2D eigenvalue weighted by Gasteiger charge is 2.28. The number of para-hydroxylation sites is 1. The number of ether oxygens (including phenoxy) is 2. The summed E-state index contributed by atoms with van der Waals surface area (Å²) < 4.78 is 11.7. The molecule has 1 saturated heterocycles. The first-order valence-corrected chi connectivity index (χ1v) is 9.74. The van der Waals surface area contributed by atoms with Crippen LogP contribution >= 0.6 is 0 Å². The van der Waals surface area contributed by atoms with Crippen molar-refractivity contribution in [2.75, 3.05) is 19.8 Å². The zero-order chi connectivity index (χ0) is 18.5. The fourth-order valence-corrected chi connectivity index (χ4v) is 3.99. The Morgan fingerprint density at radius 2 is 1.81 bits per heavy atom. The minimum absolute atomic E-state index is 0.0116. The molecule has 2 aromatic carbocycles. The van der Waals surface area contributed by atoms with Crippen LogP contribution in [0.5, 0.6) is 5.75 Å². The Morgan fingerprint density at radius 1 is 1.00 bits per heavy atom. The summed E-state index contributed by atoms with van der Waals surface area (Å²) in [6.07, 6.45) is 2.91. The van der Waals surface area contributed by atoms with Crippen LogP contribution in [0.2, 0.25) is 0 Å². The first-order valence-electron chi connectivity index (χ1n) is 9.74. The number of hydrogen-bond donors (Lipinski definition) is 2. The number of carbonyl (C=O) groups is 1.